The molecule has 0 aliphatic heterocycles. The van der Waals surface area contributed by atoms with Gasteiger partial charge in [-0.3, -0.25) is 0 Å². The highest BCUT2D eigenvalue weighted by atomic mass is 32.1. The molecule has 62 valence electrons. The zero-order valence-electron chi connectivity index (χ0n) is 6.70. The average Bonchev–Trinajstić information content (AvgIpc) is 2.03. The van der Waals surface area contributed by atoms with Crippen LogP contribution in [0.5, 0.6) is 0 Å². The molecular weight excluding hydrogens is 160 g/mol. The van der Waals surface area contributed by atoms with E-state index in [4.69, 9.17) is 0 Å². The topological polar surface area (TPSA) is 26.3 Å². The van der Waals surface area contributed by atoms with Gasteiger partial charge in [-0.25, -0.2) is 4.79 Å². The molecule has 0 amide bonds. The Morgan fingerprint density at radius 2 is 2.27 bits per heavy atom. The highest BCUT2D eigenvalue weighted by Crippen LogP contribution is 2.02. The molecule has 0 unspecified atom stereocenters. The van der Waals surface area contributed by atoms with Crippen molar-refractivity contribution in [3.05, 3.63) is 23.1 Å². The van der Waals surface area contributed by atoms with Crippen LogP contribution in [0.1, 0.15) is 13.3 Å². The second kappa shape index (κ2) is 6.04. The molecule has 0 heterocycles. The van der Waals surface area contributed by atoms with E-state index in [-0.39, 0.29) is 0 Å². The fourth-order valence-electron chi connectivity index (χ4n) is 0.468. The summed E-state index contributed by atoms with van der Waals surface area (Å²) < 4.78 is 4.43. The SMILES string of the molecule is CC/C=C/C=C(\S)C(=O)OC. The fourth-order valence-corrected chi connectivity index (χ4v) is 0.645. The Labute approximate surface area is 72.3 Å². The zero-order chi connectivity index (χ0) is 8.69. The van der Waals surface area contributed by atoms with Gasteiger partial charge in [-0.1, -0.05) is 19.1 Å². The Bertz CT molecular complexity index is 183. The molecule has 0 rings (SSSR count). The molecule has 0 aliphatic carbocycles. The minimum absolute atomic E-state index is 0.317. The average molecular weight is 172 g/mol. The van der Waals surface area contributed by atoms with Crippen LogP contribution in [0.3, 0.4) is 0 Å². The summed E-state index contributed by atoms with van der Waals surface area (Å²) in [5.41, 5.74) is 0. The van der Waals surface area contributed by atoms with Gasteiger partial charge in [0.05, 0.1) is 12.0 Å². The van der Waals surface area contributed by atoms with Crippen LogP contribution >= 0.6 is 12.6 Å². The molecule has 0 aromatic rings. The van der Waals surface area contributed by atoms with Gasteiger partial charge in [0.1, 0.15) is 0 Å². The maximum atomic E-state index is 10.7. The highest BCUT2D eigenvalue weighted by molar-refractivity contribution is 7.85. The normalized spacial score (nSPS) is 12.1. The molecule has 0 N–H and O–H groups in total. The van der Waals surface area contributed by atoms with Crippen LogP contribution in [-0.4, -0.2) is 13.1 Å². The van der Waals surface area contributed by atoms with Crippen LogP contribution in [0.15, 0.2) is 23.1 Å². The lowest BCUT2D eigenvalue weighted by Crippen LogP contribution is -1.98. The van der Waals surface area contributed by atoms with Crippen LogP contribution in [0.2, 0.25) is 0 Å². The molecular formula is C8H12O2S. The van der Waals surface area contributed by atoms with E-state index in [2.05, 4.69) is 17.4 Å². The van der Waals surface area contributed by atoms with Crippen LogP contribution < -0.4 is 0 Å². The van der Waals surface area contributed by atoms with Crippen molar-refractivity contribution in [2.45, 2.75) is 13.3 Å². The van der Waals surface area contributed by atoms with Crippen molar-refractivity contribution < 1.29 is 9.53 Å². The Hall–Kier alpha value is -0.700. The number of hydrogen-bond donors (Lipinski definition) is 1. The van der Waals surface area contributed by atoms with Gasteiger partial charge in [-0.05, 0) is 12.5 Å². The van der Waals surface area contributed by atoms with E-state index in [9.17, 15) is 4.79 Å². The second-order valence-electron chi connectivity index (χ2n) is 1.88. The molecule has 0 saturated carbocycles. The molecule has 2 nitrogen and oxygen atoms in total. The lowest BCUT2D eigenvalue weighted by atomic mass is 10.4. The Morgan fingerprint density at radius 3 is 2.73 bits per heavy atom. The number of methoxy groups -OCH3 is 1. The van der Waals surface area contributed by atoms with Crippen LogP contribution in [0, 0.1) is 0 Å². The Morgan fingerprint density at radius 1 is 1.64 bits per heavy atom. The van der Waals surface area contributed by atoms with Crippen molar-refractivity contribution in [2.24, 2.45) is 0 Å². The first-order valence-corrected chi connectivity index (χ1v) is 3.81. The lowest BCUT2D eigenvalue weighted by Gasteiger charge is -1.93. The first-order valence-electron chi connectivity index (χ1n) is 3.36. The zero-order valence-corrected chi connectivity index (χ0v) is 7.60. The molecule has 0 saturated heterocycles. The lowest BCUT2D eigenvalue weighted by molar-refractivity contribution is -0.135. The van der Waals surface area contributed by atoms with E-state index < -0.39 is 5.97 Å². The van der Waals surface area contributed by atoms with Gasteiger partial charge in [0, 0.05) is 0 Å². The van der Waals surface area contributed by atoms with E-state index in [0.717, 1.165) is 6.42 Å². The summed E-state index contributed by atoms with van der Waals surface area (Å²) in [7, 11) is 1.33. The van der Waals surface area contributed by atoms with Gasteiger partial charge in [-0.2, -0.15) is 0 Å². The van der Waals surface area contributed by atoms with Crippen molar-refractivity contribution in [1.29, 1.82) is 0 Å². The van der Waals surface area contributed by atoms with Crippen LogP contribution in [0.4, 0.5) is 0 Å². The molecule has 0 spiro atoms. The Balaban J connectivity index is 4.00. The van der Waals surface area contributed by atoms with Gasteiger partial charge < -0.3 is 4.74 Å². The first kappa shape index (κ1) is 10.3. The van der Waals surface area contributed by atoms with Gasteiger partial charge in [0.25, 0.3) is 0 Å². The number of hydrogen-bond acceptors (Lipinski definition) is 3. The van der Waals surface area contributed by atoms with E-state index in [0.29, 0.717) is 4.91 Å². The molecule has 0 bridgehead atoms. The first-order chi connectivity index (χ1) is 5.22. The summed E-state index contributed by atoms with van der Waals surface area (Å²) in [6, 6.07) is 0. The number of thiol groups is 1. The molecule has 0 aliphatic rings. The van der Waals surface area contributed by atoms with Crippen molar-refractivity contribution in [3.63, 3.8) is 0 Å². The van der Waals surface area contributed by atoms with Gasteiger partial charge in [0.15, 0.2) is 0 Å². The fraction of sp³-hybridized carbons (Fsp3) is 0.375. The minimum Gasteiger partial charge on any atom is -0.465 e. The second-order valence-corrected chi connectivity index (χ2v) is 2.36. The highest BCUT2D eigenvalue weighted by Gasteiger charge is 2.00. The summed E-state index contributed by atoms with van der Waals surface area (Å²) in [6.45, 7) is 2.01. The van der Waals surface area contributed by atoms with E-state index in [1.807, 2.05) is 13.0 Å². The number of esters is 1. The maximum Gasteiger partial charge on any atom is 0.344 e. The molecule has 0 radical (unpaired) electrons. The number of ether oxygens (including phenoxy) is 1. The standard InChI is InChI=1S/C8H12O2S/c1-3-4-5-6-7(11)8(9)10-2/h4-6,11H,3H2,1-2H3/b5-4+,7-6-. The summed E-state index contributed by atoms with van der Waals surface area (Å²) >= 11 is 3.91. The van der Waals surface area contributed by atoms with Crippen LogP contribution in [-0.2, 0) is 9.53 Å². The summed E-state index contributed by atoms with van der Waals surface area (Å²) in [6.07, 6.45) is 6.26. The third-order valence-electron chi connectivity index (χ3n) is 1.02. The van der Waals surface area contributed by atoms with E-state index in [1.165, 1.54) is 7.11 Å². The molecule has 0 aromatic heterocycles. The third kappa shape index (κ3) is 4.67. The number of carbonyl (C=O) groups excluding carboxylic acids is 1. The number of rotatable bonds is 3. The molecule has 11 heavy (non-hydrogen) atoms. The number of allylic oxidation sites excluding steroid dienone is 3. The summed E-state index contributed by atoms with van der Waals surface area (Å²) in [4.78, 5) is 11.0. The summed E-state index contributed by atoms with van der Waals surface area (Å²) in [5.74, 6) is -0.408. The molecule has 0 atom stereocenters. The monoisotopic (exact) mass is 172 g/mol. The van der Waals surface area contributed by atoms with Crippen molar-refractivity contribution in [3.8, 4) is 0 Å². The van der Waals surface area contributed by atoms with Crippen LogP contribution in [0.25, 0.3) is 0 Å². The van der Waals surface area contributed by atoms with E-state index >= 15 is 0 Å². The smallest absolute Gasteiger partial charge is 0.344 e. The minimum atomic E-state index is -0.408. The van der Waals surface area contributed by atoms with Crippen molar-refractivity contribution in [2.75, 3.05) is 7.11 Å². The molecule has 3 heteroatoms. The molecule has 0 fully saturated rings. The third-order valence-corrected chi connectivity index (χ3v) is 1.35. The largest absolute Gasteiger partial charge is 0.465 e. The van der Waals surface area contributed by atoms with Gasteiger partial charge in [0.2, 0.25) is 0 Å². The Kier molecular flexibility index (Phi) is 5.65. The quantitative estimate of drug-likeness (QED) is 0.305. The predicted octanol–water partition coefficient (Wildman–Crippen LogP) is 1.94. The maximum absolute atomic E-state index is 10.7. The summed E-state index contributed by atoms with van der Waals surface area (Å²) in [5, 5.41) is 0. The predicted molar refractivity (Wildman–Crippen MR) is 48.5 cm³/mol. The van der Waals surface area contributed by atoms with Crippen molar-refractivity contribution in [1.82, 2.24) is 0 Å². The van der Waals surface area contributed by atoms with Gasteiger partial charge >= 0.3 is 5.97 Å². The van der Waals surface area contributed by atoms with Gasteiger partial charge in [-0.15, -0.1) is 12.6 Å². The van der Waals surface area contributed by atoms with E-state index in [1.54, 1.807) is 12.2 Å². The van der Waals surface area contributed by atoms with Crippen molar-refractivity contribution >= 4 is 18.6 Å². The number of carbonyl (C=O) groups is 1. The molecule has 0 aromatic carbocycles.